The van der Waals surface area contributed by atoms with Crippen LogP contribution in [0.4, 0.5) is 0 Å². The van der Waals surface area contributed by atoms with Gasteiger partial charge in [0.2, 0.25) is 10.0 Å². The summed E-state index contributed by atoms with van der Waals surface area (Å²) in [5.41, 5.74) is 2.29. The van der Waals surface area contributed by atoms with Crippen LogP contribution < -0.4 is 10.1 Å². The molecule has 1 N–H and O–H groups in total. The molecule has 0 bridgehead atoms. The van der Waals surface area contributed by atoms with Gasteiger partial charge in [0.15, 0.2) is 0 Å². The minimum absolute atomic E-state index is 0.0548. The van der Waals surface area contributed by atoms with E-state index in [9.17, 15) is 13.2 Å². The van der Waals surface area contributed by atoms with E-state index in [0.717, 1.165) is 55.6 Å². The van der Waals surface area contributed by atoms with Crippen molar-refractivity contribution in [3.8, 4) is 5.75 Å². The molecule has 33 heavy (non-hydrogen) atoms. The minimum Gasteiger partial charge on any atom is -0.497 e. The molecular formula is C25H33N3O4S. The van der Waals surface area contributed by atoms with Gasteiger partial charge < -0.3 is 10.1 Å². The van der Waals surface area contributed by atoms with Crippen LogP contribution in [0.2, 0.25) is 0 Å². The summed E-state index contributed by atoms with van der Waals surface area (Å²) in [6, 6.07) is 12.9. The number of methoxy groups -OCH3 is 1. The van der Waals surface area contributed by atoms with E-state index < -0.39 is 10.0 Å². The van der Waals surface area contributed by atoms with Crippen molar-refractivity contribution in [2.24, 2.45) is 0 Å². The lowest BCUT2D eigenvalue weighted by molar-refractivity contribution is 0.0937. The van der Waals surface area contributed by atoms with E-state index in [1.54, 1.807) is 19.2 Å². The van der Waals surface area contributed by atoms with Gasteiger partial charge in [-0.05, 0) is 81.1 Å². The highest BCUT2D eigenvalue weighted by Gasteiger charge is 2.29. The second-order valence-electron chi connectivity index (χ2n) is 8.83. The summed E-state index contributed by atoms with van der Waals surface area (Å²) in [4.78, 5) is 15.7. The first-order valence-corrected chi connectivity index (χ1v) is 13.1. The van der Waals surface area contributed by atoms with Crippen LogP contribution in [-0.2, 0) is 10.0 Å². The molecule has 7 nitrogen and oxygen atoms in total. The van der Waals surface area contributed by atoms with E-state index in [4.69, 9.17) is 4.74 Å². The van der Waals surface area contributed by atoms with Gasteiger partial charge in [-0.3, -0.25) is 9.69 Å². The van der Waals surface area contributed by atoms with Crippen LogP contribution in [0, 0.1) is 6.92 Å². The van der Waals surface area contributed by atoms with Crippen molar-refractivity contribution >= 4 is 15.9 Å². The number of hydrogen-bond donors (Lipinski definition) is 1. The number of carbonyl (C=O) groups is 1. The Hall–Kier alpha value is -2.42. The van der Waals surface area contributed by atoms with E-state index in [1.807, 2.05) is 31.2 Å². The van der Waals surface area contributed by atoms with E-state index in [0.29, 0.717) is 25.2 Å². The number of benzene rings is 2. The SMILES string of the molecule is COc1ccc([C@@H](CNC(=O)c2cc(S(=O)(=O)N3CCCC3)ccc2C)N2CCCC2)cc1. The third-order valence-corrected chi connectivity index (χ3v) is 8.59. The maximum absolute atomic E-state index is 13.2. The Morgan fingerprint density at radius 3 is 2.27 bits per heavy atom. The summed E-state index contributed by atoms with van der Waals surface area (Å²) >= 11 is 0. The number of amides is 1. The van der Waals surface area contributed by atoms with Crippen molar-refractivity contribution in [1.29, 1.82) is 0 Å². The molecule has 0 aromatic heterocycles. The maximum Gasteiger partial charge on any atom is 0.251 e. The first-order valence-electron chi connectivity index (χ1n) is 11.7. The summed E-state index contributed by atoms with van der Waals surface area (Å²) in [6.45, 7) is 5.36. The predicted octanol–water partition coefficient (Wildman–Crippen LogP) is 3.36. The van der Waals surface area contributed by atoms with E-state index in [1.165, 1.54) is 10.4 Å². The number of nitrogens with zero attached hydrogens (tertiary/aromatic N) is 2. The van der Waals surface area contributed by atoms with Crippen molar-refractivity contribution in [2.75, 3.05) is 39.8 Å². The van der Waals surface area contributed by atoms with Gasteiger partial charge in [0.1, 0.15) is 5.75 Å². The fourth-order valence-corrected chi connectivity index (χ4v) is 6.25. The first kappa shape index (κ1) is 23.7. The quantitative estimate of drug-likeness (QED) is 0.639. The molecule has 2 aromatic rings. The Morgan fingerprint density at radius 1 is 1.00 bits per heavy atom. The van der Waals surface area contributed by atoms with Gasteiger partial charge in [-0.15, -0.1) is 0 Å². The van der Waals surface area contributed by atoms with Gasteiger partial charge in [0.25, 0.3) is 5.91 Å². The van der Waals surface area contributed by atoms with Crippen molar-refractivity contribution in [2.45, 2.75) is 43.5 Å². The molecule has 8 heteroatoms. The van der Waals surface area contributed by atoms with Gasteiger partial charge >= 0.3 is 0 Å². The van der Waals surface area contributed by atoms with Gasteiger partial charge in [-0.2, -0.15) is 4.31 Å². The van der Waals surface area contributed by atoms with Crippen molar-refractivity contribution in [3.63, 3.8) is 0 Å². The number of hydrogen-bond acceptors (Lipinski definition) is 5. The molecule has 1 amide bonds. The smallest absolute Gasteiger partial charge is 0.251 e. The summed E-state index contributed by atoms with van der Waals surface area (Å²) < 4.78 is 32.7. The monoisotopic (exact) mass is 471 g/mol. The lowest BCUT2D eigenvalue weighted by Gasteiger charge is -2.28. The maximum atomic E-state index is 13.2. The van der Waals surface area contributed by atoms with Crippen molar-refractivity contribution in [3.05, 3.63) is 59.2 Å². The zero-order valence-corrected chi connectivity index (χ0v) is 20.2. The molecule has 0 aliphatic carbocycles. The highest BCUT2D eigenvalue weighted by atomic mass is 32.2. The van der Waals surface area contributed by atoms with Crippen LogP contribution in [-0.4, -0.2) is 63.4 Å². The molecule has 0 spiro atoms. The first-order chi connectivity index (χ1) is 15.9. The Morgan fingerprint density at radius 2 is 1.64 bits per heavy atom. The Bertz CT molecular complexity index is 1070. The van der Waals surface area contributed by atoms with Gasteiger partial charge in [-0.1, -0.05) is 18.2 Å². The molecule has 2 aliphatic heterocycles. The van der Waals surface area contributed by atoms with Crippen LogP contribution >= 0.6 is 0 Å². The Kier molecular flexibility index (Phi) is 7.36. The van der Waals surface area contributed by atoms with Crippen LogP contribution in [0.1, 0.15) is 53.2 Å². The van der Waals surface area contributed by atoms with Crippen molar-refractivity contribution < 1.29 is 17.9 Å². The molecule has 4 rings (SSSR count). The largest absolute Gasteiger partial charge is 0.497 e. The molecule has 1 atom stereocenters. The number of rotatable bonds is 8. The number of aryl methyl sites for hydroxylation is 1. The summed E-state index contributed by atoms with van der Waals surface area (Å²) in [5.74, 6) is 0.554. The predicted molar refractivity (Wildman–Crippen MR) is 128 cm³/mol. The normalized spacial score (nSPS) is 18.4. The summed E-state index contributed by atoms with van der Waals surface area (Å²) in [6.07, 6.45) is 4.05. The summed E-state index contributed by atoms with van der Waals surface area (Å²) in [7, 11) is -1.93. The fraction of sp³-hybridized carbons (Fsp3) is 0.480. The van der Waals surface area contributed by atoms with Crippen LogP contribution in [0.15, 0.2) is 47.4 Å². The number of likely N-dealkylation sites (tertiary alicyclic amines) is 1. The van der Waals surface area contributed by atoms with E-state index in [-0.39, 0.29) is 16.8 Å². The highest BCUT2D eigenvalue weighted by Crippen LogP contribution is 2.27. The molecule has 2 aliphatic rings. The van der Waals surface area contributed by atoms with Gasteiger partial charge in [-0.25, -0.2) is 8.42 Å². The third kappa shape index (κ3) is 5.23. The lowest BCUT2D eigenvalue weighted by Crippen LogP contribution is -2.37. The molecule has 0 saturated carbocycles. The fourth-order valence-electron chi connectivity index (χ4n) is 4.71. The average Bonchev–Trinajstić information content (AvgIpc) is 3.55. The van der Waals surface area contributed by atoms with E-state index >= 15 is 0 Å². The van der Waals surface area contributed by atoms with E-state index in [2.05, 4.69) is 10.2 Å². The molecule has 0 radical (unpaired) electrons. The molecule has 178 valence electrons. The topological polar surface area (TPSA) is 78.9 Å². The number of sulfonamides is 1. The molecule has 2 fully saturated rings. The van der Waals surface area contributed by atoms with Crippen LogP contribution in [0.25, 0.3) is 0 Å². The second kappa shape index (κ2) is 10.2. The van der Waals surface area contributed by atoms with Gasteiger partial charge in [0.05, 0.1) is 18.0 Å². The highest BCUT2D eigenvalue weighted by molar-refractivity contribution is 7.89. The van der Waals surface area contributed by atoms with Crippen molar-refractivity contribution in [1.82, 2.24) is 14.5 Å². The second-order valence-corrected chi connectivity index (χ2v) is 10.8. The third-order valence-electron chi connectivity index (χ3n) is 6.69. The molecule has 2 saturated heterocycles. The average molecular weight is 472 g/mol. The number of carbonyl (C=O) groups excluding carboxylic acids is 1. The van der Waals surface area contributed by atoms with Crippen LogP contribution in [0.5, 0.6) is 5.75 Å². The number of ether oxygens (including phenoxy) is 1. The lowest BCUT2D eigenvalue weighted by atomic mass is 10.0. The number of nitrogens with one attached hydrogen (secondary N) is 1. The molecule has 2 aromatic carbocycles. The Labute approximate surface area is 196 Å². The molecule has 0 unspecified atom stereocenters. The van der Waals surface area contributed by atoms with Gasteiger partial charge in [0, 0.05) is 25.2 Å². The zero-order chi connectivity index (χ0) is 23.4. The van der Waals surface area contributed by atoms with Crippen LogP contribution in [0.3, 0.4) is 0 Å². The minimum atomic E-state index is -3.57. The summed E-state index contributed by atoms with van der Waals surface area (Å²) in [5, 5.41) is 3.07. The molecular weight excluding hydrogens is 438 g/mol. The Balaban J connectivity index is 1.52. The zero-order valence-electron chi connectivity index (χ0n) is 19.4. The molecule has 2 heterocycles. The standard InChI is InChI=1S/C25H33N3O4S/c1-19-7-12-22(33(30,31)28-15-5-6-16-28)17-23(19)25(29)26-18-24(27-13-3-4-14-27)20-8-10-21(32-2)11-9-20/h7-12,17,24H,3-6,13-16,18H2,1-2H3,(H,26,29)/t24-/m1/s1.